The Balaban J connectivity index is 1.81. The number of cyclic esters (lactones) is 1. The summed E-state index contributed by atoms with van der Waals surface area (Å²) in [6.45, 7) is 2.83. The van der Waals surface area contributed by atoms with E-state index in [9.17, 15) is 4.79 Å². The molecule has 1 aliphatic carbocycles. The molecule has 0 bridgehead atoms. The number of nitrogens with zero attached hydrogens (tertiary/aromatic N) is 1. The third-order valence-electron chi connectivity index (χ3n) is 3.48. The van der Waals surface area contributed by atoms with Crippen LogP contribution in [0.15, 0.2) is 0 Å². The zero-order valence-electron chi connectivity index (χ0n) is 9.15. The maximum atomic E-state index is 11.1. The summed E-state index contributed by atoms with van der Waals surface area (Å²) in [5, 5.41) is 0. The molecule has 0 amide bonds. The Bertz CT molecular complexity index is 233. The molecular weight excluding hydrogens is 192 g/mol. The maximum absolute atomic E-state index is 11.1. The molecule has 1 saturated heterocycles. The van der Waals surface area contributed by atoms with Gasteiger partial charge >= 0.3 is 5.97 Å². The van der Waals surface area contributed by atoms with E-state index >= 15 is 0 Å². The third-order valence-corrected chi connectivity index (χ3v) is 3.48. The lowest BCUT2D eigenvalue weighted by molar-refractivity contribution is -0.150. The normalized spacial score (nSPS) is 33.8. The fourth-order valence-corrected chi connectivity index (χ4v) is 2.55. The van der Waals surface area contributed by atoms with E-state index in [1.807, 2.05) is 0 Å². The number of hydrogen-bond acceptors (Lipinski definition) is 4. The smallest absolute Gasteiger partial charge is 0.320 e. The average Bonchev–Trinajstić information content (AvgIpc) is 2.22. The number of ether oxygens (including phenoxy) is 1. The van der Waals surface area contributed by atoms with Gasteiger partial charge in [0.05, 0.1) is 6.54 Å². The fourth-order valence-electron chi connectivity index (χ4n) is 2.55. The molecule has 0 aromatic heterocycles. The minimum Gasteiger partial charge on any atom is -0.463 e. The summed E-state index contributed by atoms with van der Waals surface area (Å²) in [6.07, 6.45) is 4.91. The molecule has 0 aromatic carbocycles. The minimum absolute atomic E-state index is 0.0920. The summed E-state index contributed by atoms with van der Waals surface area (Å²) >= 11 is 0. The van der Waals surface area contributed by atoms with Gasteiger partial charge in [0.1, 0.15) is 6.61 Å². The molecular formula is C11H20N2O2. The first-order valence-electron chi connectivity index (χ1n) is 5.89. The molecule has 86 valence electrons. The van der Waals surface area contributed by atoms with Crippen LogP contribution >= 0.6 is 0 Å². The predicted molar refractivity (Wildman–Crippen MR) is 57.3 cm³/mol. The van der Waals surface area contributed by atoms with Gasteiger partial charge in [0.2, 0.25) is 0 Å². The van der Waals surface area contributed by atoms with Crippen molar-refractivity contribution < 1.29 is 9.53 Å². The topological polar surface area (TPSA) is 55.6 Å². The molecule has 2 aliphatic rings. The highest BCUT2D eigenvalue weighted by molar-refractivity contribution is 5.72. The van der Waals surface area contributed by atoms with E-state index in [1.165, 1.54) is 19.3 Å². The van der Waals surface area contributed by atoms with Crippen molar-refractivity contribution in [3.63, 3.8) is 0 Å². The van der Waals surface area contributed by atoms with Crippen LogP contribution in [0.4, 0.5) is 0 Å². The molecule has 0 spiro atoms. The van der Waals surface area contributed by atoms with Gasteiger partial charge in [-0.1, -0.05) is 12.8 Å². The average molecular weight is 212 g/mol. The van der Waals surface area contributed by atoms with Crippen molar-refractivity contribution in [2.24, 2.45) is 11.7 Å². The van der Waals surface area contributed by atoms with Crippen LogP contribution in [0.3, 0.4) is 0 Å². The summed E-state index contributed by atoms with van der Waals surface area (Å²) in [5.41, 5.74) is 6.09. The second-order valence-corrected chi connectivity index (χ2v) is 4.66. The second-order valence-electron chi connectivity index (χ2n) is 4.66. The lowest BCUT2D eigenvalue weighted by Gasteiger charge is -2.34. The number of rotatable bonds is 2. The van der Waals surface area contributed by atoms with Gasteiger partial charge in [-0.2, -0.15) is 0 Å². The highest BCUT2D eigenvalue weighted by atomic mass is 16.5. The number of carbonyl (C=O) groups excluding carboxylic acids is 1. The molecule has 4 heteroatoms. The van der Waals surface area contributed by atoms with E-state index in [1.54, 1.807) is 0 Å². The number of carbonyl (C=O) groups is 1. The van der Waals surface area contributed by atoms with Crippen LogP contribution in [-0.2, 0) is 9.53 Å². The van der Waals surface area contributed by atoms with E-state index < -0.39 is 0 Å². The summed E-state index contributed by atoms with van der Waals surface area (Å²) in [5.74, 6) is 0.482. The molecule has 2 atom stereocenters. The van der Waals surface area contributed by atoms with Crippen LogP contribution < -0.4 is 5.73 Å². The monoisotopic (exact) mass is 212 g/mol. The molecule has 0 aromatic rings. The Morgan fingerprint density at radius 2 is 2.20 bits per heavy atom. The van der Waals surface area contributed by atoms with E-state index in [0.29, 0.717) is 25.1 Å². The van der Waals surface area contributed by atoms with Crippen LogP contribution in [0.2, 0.25) is 0 Å². The maximum Gasteiger partial charge on any atom is 0.320 e. The fraction of sp³-hybridized carbons (Fsp3) is 0.909. The molecule has 0 radical (unpaired) electrons. The molecule has 1 heterocycles. The number of nitrogens with two attached hydrogens (primary N) is 1. The Kier molecular flexibility index (Phi) is 3.59. The largest absolute Gasteiger partial charge is 0.463 e. The van der Waals surface area contributed by atoms with Crippen molar-refractivity contribution in [3.05, 3.63) is 0 Å². The minimum atomic E-state index is -0.0920. The van der Waals surface area contributed by atoms with E-state index in [4.69, 9.17) is 10.5 Å². The van der Waals surface area contributed by atoms with Crippen molar-refractivity contribution in [1.29, 1.82) is 0 Å². The lowest BCUT2D eigenvalue weighted by atomic mass is 9.84. The van der Waals surface area contributed by atoms with Gasteiger partial charge in [-0.25, -0.2) is 0 Å². The van der Waals surface area contributed by atoms with Gasteiger partial charge < -0.3 is 10.5 Å². The summed E-state index contributed by atoms with van der Waals surface area (Å²) in [4.78, 5) is 13.3. The number of morpholine rings is 1. The highest BCUT2D eigenvalue weighted by Gasteiger charge is 2.26. The van der Waals surface area contributed by atoms with Crippen molar-refractivity contribution >= 4 is 5.97 Å². The van der Waals surface area contributed by atoms with Crippen molar-refractivity contribution in [2.45, 2.75) is 31.7 Å². The first-order chi connectivity index (χ1) is 7.25. The standard InChI is InChI=1S/C11H20N2O2/c12-10-4-2-1-3-9(10)7-13-5-6-15-11(14)8-13/h9-10H,1-8,12H2/t9-,10+/m0/s1. The van der Waals surface area contributed by atoms with Gasteiger partial charge in [-0.3, -0.25) is 9.69 Å². The van der Waals surface area contributed by atoms with Crippen LogP contribution in [-0.4, -0.2) is 43.2 Å². The molecule has 0 unspecified atom stereocenters. The van der Waals surface area contributed by atoms with Crippen molar-refractivity contribution in [3.8, 4) is 0 Å². The van der Waals surface area contributed by atoms with Gasteiger partial charge in [-0.15, -0.1) is 0 Å². The van der Waals surface area contributed by atoms with Crippen molar-refractivity contribution in [1.82, 2.24) is 4.90 Å². The van der Waals surface area contributed by atoms with Gasteiger partial charge in [0.25, 0.3) is 0 Å². The van der Waals surface area contributed by atoms with Crippen LogP contribution in [0.5, 0.6) is 0 Å². The first-order valence-corrected chi connectivity index (χ1v) is 5.89. The van der Waals surface area contributed by atoms with Crippen molar-refractivity contribution in [2.75, 3.05) is 26.2 Å². The van der Waals surface area contributed by atoms with Crippen LogP contribution in [0.1, 0.15) is 25.7 Å². The van der Waals surface area contributed by atoms with Crippen LogP contribution in [0, 0.1) is 5.92 Å². The Hall–Kier alpha value is -0.610. The molecule has 4 nitrogen and oxygen atoms in total. The van der Waals surface area contributed by atoms with E-state index in [-0.39, 0.29) is 5.97 Å². The van der Waals surface area contributed by atoms with E-state index in [2.05, 4.69) is 4.90 Å². The van der Waals surface area contributed by atoms with Gasteiger partial charge in [0, 0.05) is 19.1 Å². The zero-order chi connectivity index (χ0) is 10.7. The molecule has 1 aliphatic heterocycles. The second kappa shape index (κ2) is 4.94. The quantitative estimate of drug-likeness (QED) is 0.672. The molecule has 2 N–H and O–H groups in total. The first kappa shape index (κ1) is 10.9. The highest BCUT2D eigenvalue weighted by Crippen LogP contribution is 2.24. The Morgan fingerprint density at radius 3 is 2.93 bits per heavy atom. The van der Waals surface area contributed by atoms with Gasteiger partial charge in [0.15, 0.2) is 0 Å². The Labute approximate surface area is 90.8 Å². The summed E-state index contributed by atoms with van der Waals surface area (Å²) in [6, 6.07) is 0.330. The molecule has 2 fully saturated rings. The molecule has 15 heavy (non-hydrogen) atoms. The zero-order valence-corrected chi connectivity index (χ0v) is 9.15. The predicted octanol–water partition coefficient (Wildman–Crippen LogP) is 0.363. The Morgan fingerprint density at radius 1 is 1.40 bits per heavy atom. The van der Waals surface area contributed by atoms with Crippen LogP contribution in [0.25, 0.3) is 0 Å². The number of esters is 1. The lowest BCUT2D eigenvalue weighted by Crippen LogP contribution is -2.46. The summed E-state index contributed by atoms with van der Waals surface area (Å²) < 4.78 is 4.91. The SMILES string of the molecule is N[C@@H]1CCCC[C@H]1CN1CCOC(=O)C1. The molecule has 1 saturated carbocycles. The molecule has 2 rings (SSSR count). The van der Waals surface area contributed by atoms with E-state index in [0.717, 1.165) is 19.5 Å². The van der Waals surface area contributed by atoms with Gasteiger partial charge in [-0.05, 0) is 18.8 Å². The number of hydrogen-bond donors (Lipinski definition) is 1. The summed E-state index contributed by atoms with van der Waals surface area (Å²) in [7, 11) is 0. The third kappa shape index (κ3) is 2.92.